The van der Waals surface area contributed by atoms with Crippen molar-refractivity contribution in [1.82, 2.24) is 0 Å². The number of halogens is 2. The number of hydrogen-bond acceptors (Lipinski definition) is 7. The molecule has 0 bridgehead atoms. The molecule has 0 aromatic heterocycles. The quantitative estimate of drug-likeness (QED) is 0.229. The summed E-state index contributed by atoms with van der Waals surface area (Å²) in [5, 5.41) is 22.2. The Labute approximate surface area is 254 Å². The minimum absolute atomic E-state index is 0.108. The van der Waals surface area contributed by atoms with Crippen molar-refractivity contribution in [3.8, 4) is 11.8 Å². The van der Waals surface area contributed by atoms with Crippen LogP contribution in [0, 0.1) is 46.5 Å². The van der Waals surface area contributed by atoms with Gasteiger partial charge in [0.25, 0.3) is 5.69 Å². The number of anilines is 1. The molecule has 0 amide bonds. The lowest BCUT2D eigenvalue weighted by molar-refractivity contribution is -0.384. The van der Waals surface area contributed by atoms with Crippen LogP contribution in [0.2, 0.25) is 5.02 Å². The number of nitrogens with two attached hydrogens (primary N) is 1. The molecule has 220 valence electrons. The van der Waals surface area contributed by atoms with Crippen LogP contribution in [0.5, 0.6) is 5.75 Å². The molecule has 0 fully saturated rings. The van der Waals surface area contributed by atoms with Gasteiger partial charge in [0, 0.05) is 29.8 Å². The lowest BCUT2D eigenvalue weighted by Crippen LogP contribution is -2.42. The Balaban J connectivity index is 1.67. The van der Waals surface area contributed by atoms with Crippen LogP contribution in [0.4, 0.5) is 15.8 Å². The molecule has 8 nitrogen and oxygen atoms in total. The first-order valence-electron chi connectivity index (χ1n) is 13.7. The third-order valence-corrected chi connectivity index (χ3v) is 8.26. The van der Waals surface area contributed by atoms with Crippen LogP contribution in [0.1, 0.15) is 54.9 Å². The third kappa shape index (κ3) is 5.58. The van der Waals surface area contributed by atoms with E-state index in [-0.39, 0.29) is 40.9 Å². The summed E-state index contributed by atoms with van der Waals surface area (Å²) in [5.74, 6) is -0.877. The third-order valence-electron chi connectivity index (χ3n) is 7.97. The number of allylic oxidation sites excluding steroid dienone is 3. The standard InChI is InChI=1S/C33H30ClFN4O4/c1-18-10-20(17-43-29-9-8-21(35)12-26(29)34)19(2)24(11-18)30-25(16-36)32(37)38(22-6-5-7-23(13-22)39(41)42)27-14-33(3,4)15-28(40)31(27)30/h5-13,30H,14-15,17,37H2,1-4H3. The number of carbonyl (C=O) groups excluding carboxylic acids is 1. The largest absolute Gasteiger partial charge is 0.487 e. The SMILES string of the molecule is Cc1cc(COc2ccc(F)cc2Cl)c(C)c(C2C(C#N)=C(N)N(c3cccc([N+](=O)[O-])c3)C3=C2C(=O)CC(C)(C)C3)c1. The zero-order valence-corrected chi connectivity index (χ0v) is 25.0. The van der Waals surface area contributed by atoms with Crippen molar-refractivity contribution in [1.29, 1.82) is 5.26 Å². The molecular weight excluding hydrogens is 571 g/mol. The van der Waals surface area contributed by atoms with E-state index in [1.807, 2.05) is 39.8 Å². The summed E-state index contributed by atoms with van der Waals surface area (Å²) in [6, 6.07) is 16.1. The van der Waals surface area contributed by atoms with Gasteiger partial charge in [-0.1, -0.05) is 49.2 Å². The van der Waals surface area contributed by atoms with Crippen molar-refractivity contribution < 1.29 is 18.8 Å². The van der Waals surface area contributed by atoms with Gasteiger partial charge in [-0.15, -0.1) is 0 Å². The Kier molecular flexibility index (Phi) is 7.76. The van der Waals surface area contributed by atoms with E-state index in [4.69, 9.17) is 22.1 Å². The number of rotatable bonds is 6. The van der Waals surface area contributed by atoms with Gasteiger partial charge in [0.05, 0.1) is 33.2 Å². The topological polar surface area (TPSA) is 122 Å². The molecule has 0 saturated carbocycles. The number of ketones is 1. The number of hydrogen-bond donors (Lipinski definition) is 1. The summed E-state index contributed by atoms with van der Waals surface area (Å²) in [7, 11) is 0. The van der Waals surface area contributed by atoms with Gasteiger partial charge in [-0.05, 0) is 66.6 Å². The molecule has 10 heteroatoms. The van der Waals surface area contributed by atoms with Gasteiger partial charge in [0.15, 0.2) is 5.78 Å². The van der Waals surface area contributed by atoms with Gasteiger partial charge in [0.1, 0.15) is 24.0 Å². The summed E-state index contributed by atoms with van der Waals surface area (Å²) in [6.45, 7) is 7.91. The zero-order chi connectivity index (χ0) is 31.2. The predicted octanol–water partition coefficient (Wildman–Crippen LogP) is 7.52. The Morgan fingerprint density at radius 1 is 1.19 bits per heavy atom. The molecule has 43 heavy (non-hydrogen) atoms. The highest BCUT2D eigenvalue weighted by molar-refractivity contribution is 6.32. The maximum atomic E-state index is 14.0. The summed E-state index contributed by atoms with van der Waals surface area (Å²) in [4.78, 5) is 26.7. The maximum Gasteiger partial charge on any atom is 0.271 e. The average Bonchev–Trinajstić information content (AvgIpc) is 2.93. The minimum Gasteiger partial charge on any atom is -0.487 e. The van der Waals surface area contributed by atoms with E-state index >= 15 is 0 Å². The van der Waals surface area contributed by atoms with Crippen LogP contribution in [-0.4, -0.2) is 10.7 Å². The molecule has 1 heterocycles. The Hall–Kier alpha value is -4.68. The van der Waals surface area contributed by atoms with Crippen LogP contribution in [-0.2, 0) is 11.4 Å². The van der Waals surface area contributed by atoms with E-state index in [0.717, 1.165) is 22.3 Å². The zero-order valence-electron chi connectivity index (χ0n) is 24.2. The maximum absolute atomic E-state index is 14.0. The van der Waals surface area contributed by atoms with Crippen molar-refractivity contribution in [2.75, 3.05) is 4.90 Å². The highest BCUT2D eigenvalue weighted by atomic mass is 35.5. The number of ether oxygens (including phenoxy) is 1. The smallest absolute Gasteiger partial charge is 0.271 e. The van der Waals surface area contributed by atoms with Crippen LogP contribution < -0.4 is 15.4 Å². The number of carbonyl (C=O) groups is 1. The van der Waals surface area contributed by atoms with E-state index < -0.39 is 22.1 Å². The van der Waals surface area contributed by atoms with Gasteiger partial charge in [0.2, 0.25) is 0 Å². The Morgan fingerprint density at radius 2 is 1.93 bits per heavy atom. The molecule has 1 unspecified atom stereocenters. The van der Waals surface area contributed by atoms with Gasteiger partial charge >= 0.3 is 0 Å². The molecule has 1 aliphatic carbocycles. The number of non-ortho nitro benzene ring substituents is 1. The number of benzene rings is 3. The molecule has 2 aliphatic rings. The number of nitro groups is 1. The molecule has 0 radical (unpaired) electrons. The van der Waals surface area contributed by atoms with Gasteiger partial charge < -0.3 is 10.5 Å². The van der Waals surface area contributed by atoms with E-state index in [2.05, 4.69) is 6.07 Å². The highest BCUT2D eigenvalue weighted by Gasteiger charge is 2.45. The van der Waals surface area contributed by atoms with Crippen molar-refractivity contribution in [2.45, 2.75) is 53.1 Å². The number of Topliss-reactive ketones (excluding diaryl/α,β-unsaturated/α-hetero) is 1. The molecule has 5 rings (SSSR count). The van der Waals surface area contributed by atoms with E-state index in [1.165, 1.54) is 30.3 Å². The molecule has 0 saturated heterocycles. The summed E-state index contributed by atoms with van der Waals surface area (Å²) in [5.41, 5.74) is 11.1. The fraction of sp³-hybridized carbons (Fsp3) is 0.273. The van der Waals surface area contributed by atoms with E-state index in [1.54, 1.807) is 17.0 Å². The molecule has 3 aromatic rings. The Morgan fingerprint density at radius 3 is 2.60 bits per heavy atom. The van der Waals surface area contributed by atoms with E-state index in [9.17, 15) is 24.6 Å². The second-order valence-electron chi connectivity index (χ2n) is 11.8. The second-order valence-corrected chi connectivity index (χ2v) is 12.2. The first kappa shape index (κ1) is 29.8. The van der Waals surface area contributed by atoms with Crippen molar-refractivity contribution in [3.63, 3.8) is 0 Å². The summed E-state index contributed by atoms with van der Waals surface area (Å²) < 4.78 is 19.5. The van der Waals surface area contributed by atoms with E-state index in [0.29, 0.717) is 29.1 Å². The normalized spacial score (nSPS) is 17.9. The van der Waals surface area contributed by atoms with Crippen LogP contribution in [0.25, 0.3) is 0 Å². The predicted molar refractivity (Wildman–Crippen MR) is 162 cm³/mol. The van der Waals surface area contributed by atoms with Gasteiger partial charge in [-0.2, -0.15) is 5.26 Å². The van der Waals surface area contributed by atoms with Crippen LogP contribution in [0.3, 0.4) is 0 Å². The molecule has 3 aromatic carbocycles. The van der Waals surface area contributed by atoms with Crippen LogP contribution >= 0.6 is 11.6 Å². The number of nitrogens with zero attached hydrogens (tertiary/aromatic N) is 3. The number of aryl methyl sites for hydroxylation is 1. The molecule has 2 N–H and O–H groups in total. The fourth-order valence-corrected chi connectivity index (χ4v) is 6.24. The second kappa shape index (κ2) is 11.2. The molecule has 1 aliphatic heterocycles. The molecule has 0 spiro atoms. The minimum atomic E-state index is -0.744. The fourth-order valence-electron chi connectivity index (χ4n) is 6.02. The summed E-state index contributed by atoms with van der Waals surface area (Å²) >= 11 is 6.17. The first-order valence-corrected chi connectivity index (χ1v) is 14.1. The monoisotopic (exact) mass is 600 g/mol. The summed E-state index contributed by atoms with van der Waals surface area (Å²) in [6.07, 6.45) is 0.740. The average molecular weight is 601 g/mol. The highest BCUT2D eigenvalue weighted by Crippen LogP contribution is 2.51. The molecule has 1 atom stereocenters. The number of nitro benzene ring substituents is 1. The Bertz CT molecular complexity index is 1790. The van der Waals surface area contributed by atoms with Crippen molar-refractivity contribution in [2.24, 2.45) is 11.1 Å². The van der Waals surface area contributed by atoms with Crippen molar-refractivity contribution in [3.05, 3.63) is 120 Å². The van der Waals surface area contributed by atoms with Gasteiger partial charge in [-0.25, -0.2) is 4.39 Å². The lowest BCUT2D eigenvalue weighted by atomic mass is 9.68. The number of nitriles is 1. The lowest BCUT2D eigenvalue weighted by Gasteiger charge is -2.44. The molecular formula is C33H30ClFN4O4. The van der Waals surface area contributed by atoms with Gasteiger partial charge in [-0.3, -0.25) is 19.8 Å². The first-order chi connectivity index (χ1) is 20.3. The van der Waals surface area contributed by atoms with Crippen molar-refractivity contribution >= 4 is 28.8 Å². The van der Waals surface area contributed by atoms with Crippen LogP contribution in [0.15, 0.2) is 77.3 Å².